The van der Waals surface area contributed by atoms with Gasteiger partial charge in [-0.05, 0) is 49.8 Å². The van der Waals surface area contributed by atoms with Crippen molar-refractivity contribution in [1.29, 1.82) is 0 Å². The van der Waals surface area contributed by atoms with Crippen LogP contribution in [-0.2, 0) is 4.79 Å². The third-order valence-corrected chi connectivity index (χ3v) is 4.62. The van der Waals surface area contributed by atoms with Crippen molar-refractivity contribution in [3.63, 3.8) is 0 Å². The van der Waals surface area contributed by atoms with E-state index in [2.05, 4.69) is 19.2 Å². The number of piperidine rings is 1. The number of nitrogens with one attached hydrogen (secondary N) is 1. The van der Waals surface area contributed by atoms with Crippen LogP contribution < -0.4 is 14.8 Å². The highest BCUT2D eigenvalue weighted by molar-refractivity contribution is 5.98. The van der Waals surface area contributed by atoms with E-state index >= 15 is 0 Å². The topological polar surface area (TPSA) is 67.9 Å². The second-order valence-electron chi connectivity index (χ2n) is 7.11. The van der Waals surface area contributed by atoms with Crippen LogP contribution in [0.5, 0.6) is 11.5 Å². The highest BCUT2D eigenvalue weighted by atomic mass is 16.5. The van der Waals surface area contributed by atoms with E-state index in [-0.39, 0.29) is 11.8 Å². The molecule has 144 valence electrons. The second kappa shape index (κ2) is 9.46. The van der Waals surface area contributed by atoms with Crippen LogP contribution in [0.1, 0.15) is 49.9 Å². The Morgan fingerprint density at radius 1 is 1.08 bits per heavy atom. The van der Waals surface area contributed by atoms with E-state index in [0.29, 0.717) is 29.4 Å². The van der Waals surface area contributed by atoms with Crippen molar-refractivity contribution >= 4 is 11.8 Å². The number of likely N-dealkylation sites (tertiary alicyclic amines) is 1. The van der Waals surface area contributed by atoms with Gasteiger partial charge in [0.25, 0.3) is 5.91 Å². The number of hydrogen-bond donors (Lipinski definition) is 1. The largest absolute Gasteiger partial charge is 0.493 e. The van der Waals surface area contributed by atoms with Crippen LogP contribution in [0, 0.1) is 5.92 Å². The molecule has 0 unspecified atom stereocenters. The number of carbonyl (C=O) groups is 2. The summed E-state index contributed by atoms with van der Waals surface area (Å²) in [5.74, 6) is 1.10. The van der Waals surface area contributed by atoms with Crippen LogP contribution in [0.3, 0.4) is 0 Å². The summed E-state index contributed by atoms with van der Waals surface area (Å²) in [6.45, 7) is 5.66. The summed E-state index contributed by atoms with van der Waals surface area (Å²) in [5.41, 5.74) is 0.447. The number of hydrogen-bond acceptors (Lipinski definition) is 4. The van der Waals surface area contributed by atoms with Gasteiger partial charge in [-0.2, -0.15) is 0 Å². The van der Waals surface area contributed by atoms with Crippen LogP contribution in [0.15, 0.2) is 18.2 Å². The summed E-state index contributed by atoms with van der Waals surface area (Å²) in [5, 5.41) is 2.92. The van der Waals surface area contributed by atoms with E-state index in [1.54, 1.807) is 25.3 Å². The van der Waals surface area contributed by atoms with Crippen molar-refractivity contribution in [3.05, 3.63) is 23.8 Å². The van der Waals surface area contributed by atoms with Crippen molar-refractivity contribution in [2.75, 3.05) is 27.3 Å². The third kappa shape index (κ3) is 5.13. The lowest BCUT2D eigenvalue weighted by molar-refractivity contribution is -0.134. The molecule has 0 saturated carbocycles. The van der Waals surface area contributed by atoms with Crippen LogP contribution in [0.25, 0.3) is 0 Å². The van der Waals surface area contributed by atoms with Gasteiger partial charge < -0.3 is 19.7 Å². The van der Waals surface area contributed by atoms with E-state index in [1.165, 1.54) is 7.11 Å². The number of amides is 2. The quantitative estimate of drug-likeness (QED) is 0.810. The molecule has 26 heavy (non-hydrogen) atoms. The minimum absolute atomic E-state index is 0.0206. The van der Waals surface area contributed by atoms with Gasteiger partial charge in [0.15, 0.2) is 11.5 Å². The molecule has 0 spiro atoms. The Bertz CT molecular complexity index is 624. The molecule has 1 atom stereocenters. The van der Waals surface area contributed by atoms with Gasteiger partial charge in [0, 0.05) is 18.7 Å². The highest BCUT2D eigenvalue weighted by Crippen LogP contribution is 2.27. The zero-order chi connectivity index (χ0) is 19.1. The van der Waals surface area contributed by atoms with Crippen molar-refractivity contribution in [2.45, 2.75) is 45.6 Å². The predicted octanol–water partition coefficient (Wildman–Crippen LogP) is 2.86. The molecule has 2 rings (SSSR count). The van der Waals surface area contributed by atoms with E-state index in [1.807, 2.05) is 4.90 Å². The maximum Gasteiger partial charge on any atom is 0.252 e. The number of carbonyl (C=O) groups excluding carboxylic acids is 2. The SMILES string of the molecule is COc1ccc(C(=O)N[C@@H](CC(C)C)C(=O)N2CCCCC2)cc1OC. The summed E-state index contributed by atoms with van der Waals surface area (Å²) in [6.07, 6.45) is 3.85. The summed E-state index contributed by atoms with van der Waals surface area (Å²) in [7, 11) is 3.08. The predicted molar refractivity (Wildman–Crippen MR) is 101 cm³/mol. The summed E-state index contributed by atoms with van der Waals surface area (Å²) < 4.78 is 10.5. The number of ether oxygens (including phenoxy) is 2. The minimum Gasteiger partial charge on any atom is -0.493 e. The standard InChI is InChI=1S/C20H30N2O4/c1-14(2)12-16(20(24)22-10-6-5-7-11-22)21-19(23)15-8-9-17(25-3)18(13-15)26-4/h8-9,13-14,16H,5-7,10-12H2,1-4H3,(H,21,23)/t16-/m0/s1. The number of benzene rings is 1. The molecule has 1 aliphatic rings. The van der Waals surface area contributed by atoms with Crippen LogP contribution in [0.4, 0.5) is 0 Å². The van der Waals surface area contributed by atoms with Gasteiger partial charge in [0.1, 0.15) is 6.04 Å². The van der Waals surface area contributed by atoms with Crippen molar-refractivity contribution in [2.24, 2.45) is 5.92 Å². The van der Waals surface area contributed by atoms with Crippen molar-refractivity contribution in [3.8, 4) is 11.5 Å². The van der Waals surface area contributed by atoms with Crippen LogP contribution in [0.2, 0.25) is 0 Å². The molecule has 0 bridgehead atoms. The first-order valence-electron chi connectivity index (χ1n) is 9.28. The Hall–Kier alpha value is -2.24. The van der Waals surface area contributed by atoms with E-state index in [4.69, 9.17) is 9.47 Å². The fourth-order valence-electron chi connectivity index (χ4n) is 3.25. The molecule has 6 heteroatoms. The lowest BCUT2D eigenvalue weighted by atomic mass is 10.0. The average Bonchev–Trinajstić information content (AvgIpc) is 2.66. The molecular weight excluding hydrogens is 332 g/mol. The monoisotopic (exact) mass is 362 g/mol. The van der Waals surface area contributed by atoms with E-state index in [0.717, 1.165) is 32.4 Å². The van der Waals surface area contributed by atoms with E-state index in [9.17, 15) is 9.59 Å². The molecule has 2 amide bonds. The van der Waals surface area contributed by atoms with Gasteiger partial charge in [-0.1, -0.05) is 13.8 Å². The molecule has 1 heterocycles. The number of nitrogens with zero attached hydrogens (tertiary/aromatic N) is 1. The Morgan fingerprint density at radius 3 is 2.31 bits per heavy atom. The Labute approximate surface area is 155 Å². The molecule has 0 aliphatic carbocycles. The maximum absolute atomic E-state index is 12.9. The molecule has 1 saturated heterocycles. The van der Waals surface area contributed by atoms with Crippen molar-refractivity contribution in [1.82, 2.24) is 10.2 Å². The third-order valence-electron chi connectivity index (χ3n) is 4.62. The fraction of sp³-hybridized carbons (Fsp3) is 0.600. The molecule has 6 nitrogen and oxygen atoms in total. The summed E-state index contributed by atoms with van der Waals surface area (Å²) in [4.78, 5) is 27.5. The first kappa shape index (κ1) is 20.1. The second-order valence-corrected chi connectivity index (χ2v) is 7.11. The van der Waals surface area contributed by atoms with E-state index < -0.39 is 6.04 Å². The molecular formula is C20H30N2O4. The average molecular weight is 362 g/mol. The number of methoxy groups -OCH3 is 2. The molecule has 1 aromatic carbocycles. The Morgan fingerprint density at radius 2 is 1.73 bits per heavy atom. The molecule has 0 radical (unpaired) electrons. The van der Waals surface area contributed by atoms with Crippen LogP contribution >= 0.6 is 0 Å². The van der Waals surface area contributed by atoms with Gasteiger partial charge in [-0.15, -0.1) is 0 Å². The Balaban J connectivity index is 2.13. The van der Waals surface area contributed by atoms with Gasteiger partial charge in [-0.25, -0.2) is 0 Å². The smallest absolute Gasteiger partial charge is 0.252 e. The summed E-state index contributed by atoms with van der Waals surface area (Å²) >= 11 is 0. The van der Waals surface area contributed by atoms with Gasteiger partial charge in [0.05, 0.1) is 14.2 Å². The van der Waals surface area contributed by atoms with Crippen molar-refractivity contribution < 1.29 is 19.1 Å². The lowest BCUT2D eigenvalue weighted by Crippen LogP contribution is -2.50. The summed E-state index contributed by atoms with van der Waals surface area (Å²) in [6, 6.07) is 4.49. The van der Waals surface area contributed by atoms with Crippen LogP contribution in [-0.4, -0.2) is 50.1 Å². The minimum atomic E-state index is -0.506. The molecule has 1 aromatic rings. The van der Waals surface area contributed by atoms with Gasteiger partial charge in [0.2, 0.25) is 5.91 Å². The fourth-order valence-corrected chi connectivity index (χ4v) is 3.25. The first-order chi connectivity index (χ1) is 12.5. The zero-order valence-corrected chi connectivity index (χ0v) is 16.2. The normalized spacial score (nSPS) is 15.5. The molecule has 1 N–H and O–H groups in total. The Kier molecular flexibility index (Phi) is 7.30. The number of rotatable bonds is 7. The molecule has 1 aliphatic heterocycles. The maximum atomic E-state index is 12.9. The lowest BCUT2D eigenvalue weighted by Gasteiger charge is -2.31. The molecule has 0 aromatic heterocycles. The first-order valence-corrected chi connectivity index (χ1v) is 9.28. The van der Waals surface area contributed by atoms with Gasteiger partial charge >= 0.3 is 0 Å². The van der Waals surface area contributed by atoms with Gasteiger partial charge in [-0.3, -0.25) is 9.59 Å². The molecule has 1 fully saturated rings. The zero-order valence-electron chi connectivity index (χ0n) is 16.2. The highest BCUT2D eigenvalue weighted by Gasteiger charge is 2.28.